The van der Waals surface area contributed by atoms with Crippen LogP contribution in [0.3, 0.4) is 0 Å². The van der Waals surface area contributed by atoms with Gasteiger partial charge in [0, 0.05) is 18.6 Å². The van der Waals surface area contributed by atoms with E-state index in [9.17, 15) is 23.4 Å². The predicted octanol–water partition coefficient (Wildman–Crippen LogP) is 1.72. The number of carbonyl (C=O) groups is 1. The van der Waals surface area contributed by atoms with Gasteiger partial charge in [-0.25, -0.2) is 4.79 Å². The highest BCUT2D eigenvalue weighted by Crippen LogP contribution is 2.27. The van der Waals surface area contributed by atoms with Crippen molar-refractivity contribution in [3.05, 3.63) is 48.0 Å². The van der Waals surface area contributed by atoms with Crippen LogP contribution in [0.25, 0.3) is 21.8 Å². The summed E-state index contributed by atoms with van der Waals surface area (Å²) in [5.41, 5.74) is 1.35. The topological polar surface area (TPSA) is 119 Å². The maximum Gasteiger partial charge on any atom is 0.337 e. The molecule has 1 aromatic heterocycles. The van der Waals surface area contributed by atoms with Gasteiger partial charge in [0.05, 0.1) is 22.1 Å². The summed E-state index contributed by atoms with van der Waals surface area (Å²) in [5.74, 6) is -1.73. The van der Waals surface area contributed by atoms with E-state index in [1.165, 1.54) is 12.1 Å². The molecule has 0 atom stereocenters. The van der Waals surface area contributed by atoms with Crippen molar-refractivity contribution in [3.63, 3.8) is 0 Å². The molecule has 136 valence electrons. The van der Waals surface area contributed by atoms with Crippen molar-refractivity contribution >= 4 is 37.9 Å². The van der Waals surface area contributed by atoms with Crippen LogP contribution in [-0.4, -0.2) is 29.8 Å². The molecule has 7 nitrogen and oxygen atoms in total. The first kappa shape index (κ1) is 18.1. The van der Waals surface area contributed by atoms with Gasteiger partial charge in [0.25, 0.3) is 10.1 Å². The Balaban J connectivity index is 2.17. The Hall–Kier alpha value is -2.71. The van der Waals surface area contributed by atoms with Crippen LogP contribution in [0.5, 0.6) is 5.75 Å². The number of hydrogen-bond acceptors (Lipinski definition) is 4. The average Bonchev–Trinajstić information content (AvgIpc) is 2.56. The van der Waals surface area contributed by atoms with E-state index in [0.29, 0.717) is 34.8 Å². The Bertz CT molecular complexity index is 1110. The van der Waals surface area contributed by atoms with Gasteiger partial charge in [-0.15, -0.1) is 5.75 Å². The maximum atomic E-state index is 11.8. The Morgan fingerprint density at radius 2 is 1.73 bits per heavy atom. The number of aryl methyl sites for hydroxylation is 1. The molecule has 3 rings (SSSR count). The number of carboxylic acid groups (broad SMARTS) is 1. The van der Waals surface area contributed by atoms with Crippen molar-refractivity contribution in [1.29, 1.82) is 0 Å². The largest absolute Gasteiger partial charge is 0.872 e. The molecule has 0 radical (unpaired) electrons. The zero-order valence-electron chi connectivity index (χ0n) is 13.8. The highest BCUT2D eigenvalue weighted by Gasteiger charge is 2.23. The highest BCUT2D eigenvalue weighted by atomic mass is 32.2. The van der Waals surface area contributed by atoms with E-state index in [0.717, 1.165) is 0 Å². The standard InChI is InChI=1S/C18H17NO6S/c20-12-7-8-16-14(11-12)17(18(21)22)13-5-1-2-6-15(13)19(16)9-3-4-10-26(23,24)25/h1-2,5-8,11H,3-4,9-10H2,(H2-,20,21,22,23,24,25). The van der Waals surface area contributed by atoms with Crippen molar-refractivity contribution in [3.8, 4) is 5.75 Å². The van der Waals surface area contributed by atoms with Crippen LogP contribution in [0.15, 0.2) is 42.5 Å². The van der Waals surface area contributed by atoms with Crippen molar-refractivity contribution in [2.24, 2.45) is 0 Å². The molecule has 0 aliphatic carbocycles. The minimum atomic E-state index is -4.02. The van der Waals surface area contributed by atoms with E-state index in [-0.39, 0.29) is 23.5 Å². The fourth-order valence-electron chi connectivity index (χ4n) is 3.17. The summed E-state index contributed by atoms with van der Waals surface area (Å²) in [6, 6.07) is 11.2. The number of unbranched alkanes of at least 4 members (excludes halogenated alkanes) is 1. The number of nitrogens with zero attached hydrogens (tertiary/aromatic N) is 1. The molecule has 2 N–H and O–H groups in total. The van der Waals surface area contributed by atoms with E-state index >= 15 is 0 Å². The Morgan fingerprint density at radius 3 is 2.42 bits per heavy atom. The number of para-hydroxylation sites is 1. The fraction of sp³-hybridized carbons (Fsp3) is 0.222. The summed E-state index contributed by atoms with van der Waals surface area (Å²) < 4.78 is 32.5. The Morgan fingerprint density at radius 1 is 1.04 bits per heavy atom. The van der Waals surface area contributed by atoms with E-state index in [2.05, 4.69) is 0 Å². The molecule has 3 aromatic rings. The molecular formula is C18H17NO6S. The quantitative estimate of drug-likeness (QED) is 0.293. The number of carboxylic acids is 1. The lowest BCUT2D eigenvalue weighted by atomic mass is 10.0. The fourth-order valence-corrected chi connectivity index (χ4v) is 3.74. The van der Waals surface area contributed by atoms with Gasteiger partial charge < -0.3 is 10.2 Å². The summed E-state index contributed by atoms with van der Waals surface area (Å²) in [6.45, 7) is 0.421. The van der Waals surface area contributed by atoms with Crippen LogP contribution in [0.2, 0.25) is 0 Å². The first-order valence-corrected chi connectivity index (χ1v) is 9.62. The molecule has 0 unspecified atom stereocenters. The molecule has 26 heavy (non-hydrogen) atoms. The molecule has 0 aliphatic heterocycles. The van der Waals surface area contributed by atoms with Crippen LogP contribution >= 0.6 is 0 Å². The predicted molar refractivity (Wildman–Crippen MR) is 93.7 cm³/mol. The zero-order valence-corrected chi connectivity index (χ0v) is 14.6. The molecule has 0 fully saturated rings. The SMILES string of the molecule is O=C(O)c1c2ccccc2[n+](CCCCS(=O)(=O)O)c2ccc([O-])cc12. The van der Waals surface area contributed by atoms with Crippen LogP contribution in [-0.2, 0) is 16.7 Å². The summed E-state index contributed by atoms with van der Waals surface area (Å²) >= 11 is 0. The van der Waals surface area contributed by atoms with Crippen molar-refractivity contribution in [2.75, 3.05) is 5.75 Å². The molecular weight excluding hydrogens is 358 g/mol. The molecule has 0 saturated carbocycles. The highest BCUT2D eigenvalue weighted by molar-refractivity contribution is 7.85. The van der Waals surface area contributed by atoms with Crippen molar-refractivity contribution in [1.82, 2.24) is 0 Å². The number of pyridine rings is 1. The minimum Gasteiger partial charge on any atom is -0.872 e. The lowest BCUT2D eigenvalue weighted by molar-refractivity contribution is -0.645. The number of rotatable bonds is 6. The Labute approximate surface area is 149 Å². The summed E-state index contributed by atoms with van der Waals surface area (Å²) in [7, 11) is -4.02. The second kappa shape index (κ2) is 6.89. The number of hydrogen-bond donors (Lipinski definition) is 2. The van der Waals surface area contributed by atoms with E-state index in [4.69, 9.17) is 4.55 Å². The van der Waals surface area contributed by atoms with Crippen LogP contribution in [0, 0.1) is 0 Å². The first-order valence-electron chi connectivity index (χ1n) is 8.02. The van der Waals surface area contributed by atoms with Gasteiger partial charge in [-0.1, -0.05) is 24.3 Å². The molecule has 0 amide bonds. The second-order valence-electron chi connectivity index (χ2n) is 6.02. The number of aromatic nitrogens is 1. The smallest absolute Gasteiger partial charge is 0.337 e. The Kier molecular flexibility index (Phi) is 4.80. The van der Waals surface area contributed by atoms with Gasteiger partial charge in [0.15, 0.2) is 0 Å². The lowest BCUT2D eigenvalue weighted by Gasteiger charge is -2.12. The van der Waals surface area contributed by atoms with Crippen molar-refractivity contribution < 1.29 is 32.5 Å². The lowest BCUT2D eigenvalue weighted by Crippen LogP contribution is -2.36. The molecule has 0 spiro atoms. The third-order valence-corrected chi connectivity index (χ3v) is 5.04. The third-order valence-electron chi connectivity index (χ3n) is 4.24. The normalized spacial score (nSPS) is 11.9. The molecule has 2 aromatic carbocycles. The second-order valence-corrected chi connectivity index (χ2v) is 7.59. The van der Waals surface area contributed by atoms with Gasteiger partial charge in [0.1, 0.15) is 6.54 Å². The van der Waals surface area contributed by atoms with Gasteiger partial charge >= 0.3 is 5.97 Å². The van der Waals surface area contributed by atoms with Gasteiger partial charge in [-0.3, -0.25) is 4.55 Å². The van der Waals surface area contributed by atoms with Gasteiger partial charge in [-0.2, -0.15) is 13.0 Å². The van der Waals surface area contributed by atoms with Crippen LogP contribution < -0.4 is 9.67 Å². The van der Waals surface area contributed by atoms with Gasteiger partial charge in [0.2, 0.25) is 11.0 Å². The summed E-state index contributed by atoms with van der Waals surface area (Å²) in [4.78, 5) is 11.8. The van der Waals surface area contributed by atoms with Crippen molar-refractivity contribution in [2.45, 2.75) is 19.4 Å². The first-order chi connectivity index (χ1) is 12.3. The molecule has 1 heterocycles. The monoisotopic (exact) mass is 375 g/mol. The molecule has 0 bridgehead atoms. The van der Waals surface area contributed by atoms with E-state index in [1.807, 2.05) is 4.57 Å². The van der Waals surface area contributed by atoms with Crippen LogP contribution in [0.1, 0.15) is 23.2 Å². The van der Waals surface area contributed by atoms with Crippen LogP contribution in [0.4, 0.5) is 0 Å². The number of benzene rings is 2. The summed E-state index contributed by atoms with van der Waals surface area (Å²) in [6.07, 6.45) is 0.733. The zero-order chi connectivity index (χ0) is 18.9. The third kappa shape index (κ3) is 3.61. The maximum absolute atomic E-state index is 11.8. The molecule has 0 aliphatic rings. The van der Waals surface area contributed by atoms with E-state index in [1.54, 1.807) is 30.3 Å². The van der Waals surface area contributed by atoms with Gasteiger partial charge in [-0.05, 0) is 12.5 Å². The number of aromatic carboxylic acids is 1. The molecule has 0 saturated heterocycles. The minimum absolute atomic E-state index is 0.0717. The summed E-state index contributed by atoms with van der Waals surface area (Å²) in [5, 5.41) is 22.3. The van der Waals surface area contributed by atoms with E-state index < -0.39 is 16.1 Å². The number of fused-ring (bicyclic) bond motifs is 2. The molecule has 8 heteroatoms. The average molecular weight is 375 g/mol.